The number of aromatic nitrogens is 9. The summed E-state index contributed by atoms with van der Waals surface area (Å²) in [6.07, 6.45) is 29.8. The zero-order valence-corrected chi connectivity index (χ0v) is 52.5. The molecule has 0 amide bonds. The Labute approximate surface area is 544 Å². The fourth-order valence-electron chi connectivity index (χ4n) is 12.0. The van der Waals surface area contributed by atoms with Gasteiger partial charge in [-0.25, -0.2) is 29.9 Å². The van der Waals surface area contributed by atoms with Crippen LogP contribution in [0.5, 0.6) is 0 Å². The molecule has 454 valence electrons. The largest absolute Gasteiger partial charge is 0.454 e. The van der Waals surface area contributed by atoms with Crippen LogP contribution in [-0.2, 0) is 0 Å². The first kappa shape index (κ1) is 59.5. The first-order valence-corrected chi connectivity index (χ1v) is 31.5. The predicted octanol–water partition coefficient (Wildman–Crippen LogP) is 20.0. The Bertz CT molecular complexity index is 5200. The van der Waals surface area contributed by atoms with Crippen LogP contribution in [0.4, 0.5) is 0 Å². The van der Waals surface area contributed by atoms with Gasteiger partial charge in [0.25, 0.3) is 0 Å². The number of fused-ring (bicyclic) bond motifs is 6. The van der Waals surface area contributed by atoms with Crippen LogP contribution < -0.4 is 0 Å². The Hall–Kier alpha value is -12.1. The van der Waals surface area contributed by atoms with Crippen molar-refractivity contribution in [1.29, 1.82) is 0 Å². The highest BCUT2D eigenvalue weighted by molar-refractivity contribution is 6.16. The normalized spacial score (nSPS) is 14.2. The minimum absolute atomic E-state index is 0.244. The molecular formula is C81H63N11O2. The summed E-state index contributed by atoms with van der Waals surface area (Å²) in [5.41, 5.74) is 19.1. The van der Waals surface area contributed by atoms with Crippen molar-refractivity contribution in [2.75, 3.05) is 7.05 Å². The average molecular weight is 1220 g/mol. The van der Waals surface area contributed by atoms with Gasteiger partial charge in [0, 0.05) is 129 Å². The number of allylic oxidation sites excluding steroid dienone is 7. The summed E-state index contributed by atoms with van der Waals surface area (Å²) in [5.74, 6) is 1.44. The molecule has 0 fully saturated rings. The van der Waals surface area contributed by atoms with E-state index in [1.54, 1.807) is 56.7 Å². The molecule has 13 heteroatoms. The van der Waals surface area contributed by atoms with Crippen LogP contribution in [-0.4, -0.2) is 64.3 Å². The molecule has 94 heavy (non-hydrogen) atoms. The fraction of sp³-hybridized carbons (Fsp3) is 0.0988. The van der Waals surface area contributed by atoms with E-state index in [-0.39, 0.29) is 5.92 Å². The van der Waals surface area contributed by atoms with E-state index in [1.807, 2.05) is 148 Å². The molecule has 13 nitrogen and oxygen atoms in total. The molecule has 5 aromatic carbocycles. The fourth-order valence-corrected chi connectivity index (χ4v) is 12.0. The quantitative estimate of drug-likeness (QED) is 0.113. The van der Waals surface area contributed by atoms with E-state index in [0.29, 0.717) is 51.1 Å². The molecule has 1 aliphatic carbocycles. The second kappa shape index (κ2) is 26.8. The molecule has 1 aliphatic heterocycles. The number of furan rings is 2. The van der Waals surface area contributed by atoms with Crippen LogP contribution in [0.1, 0.15) is 51.6 Å². The summed E-state index contributed by atoms with van der Waals surface area (Å²) in [7, 11) is 1.75. The molecule has 0 saturated heterocycles. The summed E-state index contributed by atoms with van der Waals surface area (Å²) >= 11 is 0. The predicted molar refractivity (Wildman–Crippen MR) is 382 cm³/mol. The third-order valence-electron chi connectivity index (χ3n) is 16.6. The van der Waals surface area contributed by atoms with Gasteiger partial charge in [-0.2, -0.15) is 0 Å². The molecule has 14 aromatic rings. The van der Waals surface area contributed by atoms with Crippen LogP contribution in [0.25, 0.3) is 151 Å². The standard InChI is InChI=1S/C76H50N10O2.C3H7N.C2H6/c1-46-19-21-54(22-20-46)76-85-68(50-28-36-78-37-29-50)65(69(86-76)51-30-38-79-39-31-51)55-23-25-63-57(42-55)58-44-61(47-12-5-2-6-13-47)82-72(73(58)87-63)60-45-62(48-14-7-3-8-15-48)81-71-59-43-56(24-26-64(59)88-74(60)71)66-67(49-18-11-34-77-35-27-49)83-75(53-16-9-4-10-17-53)84-70(66)52-32-40-80-41-33-52;1-3-4-2;1-2/h2-19,21-46,49H,20H2,1H3;3H,1-2H3;1-2H3. The van der Waals surface area contributed by atoms with Gasteiger partial charge in [-0.05, 0) is 115 Å². The van der Waals surface area contributed by atoms with Gasteiger partial charge in [-0.3, -0.25) is 19.9 Å². The van der Waals surface area contributed by atoms with E-state index in [2.05, 4.69) is 123 Å². The van der Waals surface area contributed by atoms with Crippen molar-refractivity contribution in [1.82, 2.24) is 44.9 Å². The van der Waals surface area contributed by atoms with Gasteiger partial charge >= 0.3 is 0 Å². The molecule has 0 spiro atoms. The lowest BCUT2D eigenvalue weighted by Crippen LogP contribution is -2.06. The van der Waals surface area contributed by atoms with E-state index < -0.39 is 0 Å². The SMILES string of the molecule is CC.CC1C=CC(c2nc(-c3ccncc3)c(-c3ccc4oc5c(-c6cc(-c7ccccc7)nc7c6oc6ccc(-c8c(-c9ccncc9)nc(-c9ccccc9)nc8C8C=CC=NC=C8)cc67)nc(-c6ccccc6)cc5c4c3)c(-c3ccncc3)n2)=CC1.CC=NC. The van der Waals surface area contributed by atoms with Gasteiger partial charge in [0.05, 0.1) is 39.7 Å². The number of hydrogen-bond donors (Lipinski definition) is 0. The molecule has 16 rings (SSSR count). The first-order valence-electron chi connectivity index (χ1n) is 31.5. The maximum atomic E-state index is 7.15. The Morgan fingerprint density at radius 3 is 1.59 bits per heavy atom. The lowest BCUT2D eigenvalue weighted by Gasteiger charge is -2.19. The summed E-state index contributed by atoms with van der Waals surface area (Å²) < 4.78 is 14.3. The zero-order valence-electron chi connectivity index (χ0n) is 52.5. The van der Waals surface area contributed by atoms with Crippen molar-refractivity contribution in [3.63, 3.8) is 0 Å². The number of rotatable bonds is 11. The summed E-state index contributed by atoms with van der Waals surface area (Å²) in [4.78, 5) is 54.0. The molecule has 2 aliphatic rings. The number of benzene rings is 5. The smallest absolute Gasteiger partial charge is 0.163 e. The molecule has 0 radical (unpaired) electrons. The van der Waals surface area contributed by atoms with E-state index in [4.69, 9.17) is 38.7 Å². The Balaban J connectivity index is 0.00000123. The molecule has 9 aromatic heterocycles. The Morgan fingerprint density at radius 2 is 1.00 bits per heavy atom. The lowest BCUT2D eigenvalue weighted by molar-refractivity contribution is 0.663. The number of hydrogen-bond acceptors (Lipinski definition) is 13. The summed E-state index contributed by atoms with van der Waals surface area (Å²) in [6, 6.07) is 59.4. The van der Waals surface area contributed by atoms with Crippen LogP contribution in [0, 0.1) is 5.92 Å². The molecule has 2 unspecified atom stereocenters. The van der Waals surface area contributed by atoms with Crippen LogP contribution in [0.2, 0.25) is 0 Å². The third kappa shape index (κ3) is 11.7. The topological polar surface area (TPSA) is 167 Å². The van der Waals surface area contributed by atoms with Crippen LogP contribution in [0.15, 0.2) is 275 Å². The molecule has 2 atom stereocenters. The molecular weight excluding hydrogens is 1160 g/mol. The van der Waals surface area contributed by atoms with E-state index in [9.17, 15) is 0 Å². The van der Waals surface area contributed by atoms with Crippen molar-refractivity contribution in [2.45, 2.75) is 40.0 Å². The van der Waals surface area contributed by atoms with Crippen LogP contribution >= 0.6 is 0 Å². The van der Waals surface area contributed by atoms with Gasteiger partial charge in [-0.15, -0.1) is 0 Å². The highest BCUT2D eigenvalue weighted by Crippen LogP contribution is 2.47. The minimum Gasteiger partial charge on any atom is -0.454 e. The molecule has 0 saturated carbocycles. The number of nitrogens with zero attached hydrogens (tertiary/aromatic N) is 11. The second-order valence-electron chi connectivity index (χ2n) is 22.5. The highest BCUT2D eigenvalue weighted by Gasteiger charge is 2.28. The Kier molecular flexibility index (Phi) is 17.0. The Morgan fingerprint density at radius 1 is 0.468 bits per heavy atom. The third-order valence-corrected chi connectivity index (χ3v) is 16.6. The molecule has 10 heterocycles. The molecule has 0 bridgehead atoms. The number of pyridine rings is 5. The average Bonchev–Trinajstić information content (AvgIpc) is 1.55. The van der Waals surface area contributed by atoms with Crippen molar-refractivity contribution in [2.24, 2.45) is 15.9 Å². The summed E-state index contributed by atoms with van der Waals surface area (Å²) in [5, 5.41) is 2.56. The number of aliphatic imine (C=N–C) groups is 2. The van der Waals surface area contributed by atoms with E-state index >= 15 is 0 Å². The summed E-state index contributed by atoms with van der Waals surface area (Å²) in [6.45, 7) is 8.10. The zero-order chi connectivity index (χ0) is 63.9. The highest BCUT2D eigenvalue weighted by atomic mass is 16.3. The van der Waals surface area contributed by atoms with Crippen molar-refractivity contribution in [3.05, 3.63) is 267 Å². The van der Waals surface area contributed by atoms with Crippen LogP contribution in [0.3, 0.4) is 0 Å². The van der Waals surface area contributed by atoms with Gasteiger partial charge in [0.1, 0.15) is 22.4 Å². The van der Waals surface area contributed by atoms with Gasteiger partial charge in [-0.1, -0.05) is 154 Å². The molecule has 0 N–H and O–H groups in total. The maximum absolute atomic E-state index is 7.15. The second-order valence-corrected chi connectivity index (χ2v) is 22.5. The van der Waals surface area contributed by atoms with Crippen molar-refractivity contribution in [3.8, 4) is 101 Å². The maximum Gasteiger partial charge on any atom is 0.163 e. The monoisotopic (exact) mass is 1220 g/mol. The minimum atomic E-state index is -0.244. The van der Waals surface area contributed by atoms with Gasteiger partial charge < -0.3 is 13.8 Å². The van der Waals surface area contributed by atoms with Crippen molar-refractivity contribution >= 4 is 62.0 Å². The van der Waals surface area contributed by atoms with E-state index in [1.165, 1.54) is 0 Å². The first-order chi connectivity index (χ1) is 46.4. The lowest BCUT2D eigenvalue weighted by atomic mass is 9.90. The van der Waals surface area contributed by atoms with Gasteiger partial charge in [0.2, 0.25) is 0 Å². The van der Waals surface area contributed by atoms with Crippen molar-refractivity contribution < 1.29 is 8.83 Å². The van der Waals surface area contributed by atoms with E-state index in [0.717, 1.165) is 124 Å². The van der Waals surface area contributed by atoms with Gasteiger partial charge in [0.15, 0.2) is 22.8 Å².